The summed E-state index contributed by atoms with van der Waals surface area (Å²) in [6, 6.07) is 0. The number of rotatable bonds is 2. The van der Waals surface area contributed by atoms with Gasteiger partial charge in [0, 0.05) is 26.8 Å². The second kappa shape index (κ2) is 4.95. The van der Waals surface area contributed by atoms with Crippen molar-refractivity contribution in [3.63, 3.8) is 0 Å². The van der Waals surface area contributed by atoms with E-state index in [0.29, 0.717) is 10.9 Å². The highest BCUT2D eigenvalue weighted by atomic mass is 16.7. The van der Waals surface area contributed by atoms with Gasteiger partial charge in [0.25, 0.3) is 5.56 Å². The molecule has 21 heavy (non-hydrogen) atoms. The molecule has 0 aliphatic heterocycles. The van der Waals surface area contributed by atoms with Gasteiger partial charge in [-0.2, -0.15) is 0 Å². The van der Waals surface area contributed by atoms with Crippen LogP contribution in [0.15, 0.2) is 9.59 Å². The van der Waals surface area contributed by atoms with E-state index in [2.05, 4.69) is 0 Å². The van der Waals surface area contributed by atoms with Crippen LogP contribution in [0.5, 0.6) is 0 Å². The van der Waals surface area contributed by atoms with Crippen molar-refractivity contribution < 1.29 is 4.84 Å². The minimum atomic E-state index is -0.481. The Kier molecular flexibility index (Phi) is 3.57. The van der Waals surface area contributed by atoms with Crippen molar-refractivity contribution in [1.82, 2.24) is 9.30 Å². The monoisotopic (exact) mass is 291 g/mol. The molecule has 0 spiro atoms. The van der Waals surface area contributed by atoms with E-state index in [9.17, 15) is 9.59 Å². The number of anilines is 1. The first kappa shape index (κ1) is 15.2. The molecular weight excluding hydrogens is 270 g/mol. The molecule has 114 valence electrons. The van der Waals surface area contributed by atoms with Crippen molar-refractivity contribution >= 4 is 16.6 Å². The third-order valence-corrected chi connectivity index (χ3v) is 4.06. The highest BCUT2D eigenvalue weighted by Gasteiger charge is 2.20. The van der Waals surface area contributed by atoms with E-state index in [1.807, 2.05) is 39.8 Å². The molecule has 0 aliphatic carbocycles. The zero-order valence-electron chi connectivity index (χ0n) is 13.6. The Bertz CT molecular complexity index is 844. The number of aryl methyl sites for hydroxylation is 3. The molecule has 0 aliphatic rings. The lowest BCUT2D eigenvalue weighted by molar-refractivity contribution is 0.143. The molecule has 0 radical (unpaired) electrons. The Balaban J connectivity index is 3.24. The first-order valence-corrected chi connectivity index (χ1v) is 6.71. The molecule has 0 saturated carbocycles. The van der Waals surface area contributed by atoms with Gasteiger partial charge in [-0.1, -0.05) is 4.73 Å². The maximum atomic E-state index is 12.6. The fourth-order valence-corrected chi connectivity index (χ4v) is 3.06. The normalized spacial score (nSPS) is 11.0. The summed E-state index contributed by atoms with van der Waals surface area (Å²) in [4.78, 5) is 31.7. The van der Waals surface area contributed by atoms with Crippen molar-refractivity contribution in [3.05, 3.63) is 37.5 Å². The molecular formula is C15H21N3O3. The zero-order chi connectivity index (χ0) is 16.1. The molecule has 0 N–H and O–H groups in total. The predicted octanol–water partition coefficient (Wildman–Crippen LogP) is 0.750. The average Bonchev–Trinajstić information content (AvgIpc) is 2.40. The van der Waals surface area contributed by atoms with Crippen LogP contribution in [-0.2, 0) is 7.05 Å². The Hall–Kier alpha value is -2.24. The molecule has 1 heterocycles. The summed E-state index contributed by atoms with van der Waals surface area (Å²) in [5.41, 5.74) is 3.61. The lowest BCUT2D eigenvalue weighted by Gasteiger charge is -2.23. The van der Waals surface area contributed by atoms with Crippen LogP contribution in [0.25, 0.3) is 10.9 Å². The van der Waals surface area contributed by atoms with Crippen molar-refractivity contribution in [1.29, 1.82) is 0 Å². The van der Waals surface area contributed by atoms with Gasteiger partial charge in [0.15, 0.2) is 0 Å². The molecule has 0 fully saturated rings. The van der Waals surface area contributed by atoms with Gasteiger partial charge in [0.1, 0.15) is 7.11 Å². The number of nitrogens with zero attached hydrogens (tertiary/aromatic N) is 3. The summed E-state index contributed by atoms with van der Waals surface area (Å²) < 4.78 is 2.26. The molecule has 2 aromatic rings. The summed E-state index contributed by atoms with van der Waals surface area (Å²) in [5, 5.41) is 0.527. The fraction of sp³-hybridized carbons (Fsp3) is 0.467. The summed E-state index contributed by atoms with van der Waals surface area (Å²) in [7, 11) is 6.88. The van der Waals surface area contributed by atoms with Crippen LogP contribution in [0.4, 0.5) is 5.69 Å². The van der Waals surface area contributed by atoms with Crippen LogP contribution in [-0.4, -0.2) is 30.5 Å². The summed E-state index contributed by atoms with van der Waals surface area (Å²) >= 11 is 0. The summed E-state index contributed by atoms with van der Waals surface area (Å²) in [6.07, 6.45) is 0. The van der Waals surface area contributed by atoms with Gasteiger partial charge < -0.3 is 9.74 Å². The molecule has 1 aromatic heterocycles. The third kappa shape index (κ3) is 1.93. The van der Waals surface area contributed by atoms with E-state index >= 15 is 0 Å². The minimum Gasteiger partial charge on any atom is -0.409 e. The summed E-state index contributed by atoms with van der Waals surface area (Å²) in [5.74, 6) is 0. The van der Waals surface area contributed by atoms with Crippen LogP contribution in [0.1, 0.15) is 16.7 Å². The number of hydrogen-bond donors (Lipinski definition) is 0. The van der Waals surface area contributed by atoms with Gasteiger partial charge in [0.2, 0.25) is 0 Å². The third-order valence-electron chi connectivity index (χ3n) is 4.06. The molecule has 0 atom stereocenters. The maximum Gasteiger partial charge on any atom is 0.364 e. The zero-order valence-corrected chi connectivity index (χ0v) is 13.6. The molecule has 0 bridgehead atoms. The highest BCUT2D eigenvalue weighted by molar-refractivity contribution is 5.91. The largest absolute Gasteiger partial charge is 0.409 e. The molecule has 2 rings (SSSR count). The molecule has 6 nitrogen and oxygen atoms in total. The van der Waals surface area contributed by atoms with Crippen molar-refractivity contribution in [2.75, 3.05) is 26.1 Å². The van der Waals surface area contributed by atoms with E-state index in [0.717, 1.165) is 27.1 Å². The van der Waals surface area contributed by atoms with E-state index in [1.165, 1.54) is 11.7 Å². The van der Waals surface area contributed by atoms with Crippen LogP contribution in [0, 0.1) is 20.8 Å². The Morgan fingerprint density at radius 2 is 1.57 bits per heavy atom. The van der Waals surface area contributed by atoms with Gasteiger partial charge >= 0.3 is 5.69 Å². The Labute approximate surface area is 123 Å². The molecule has 0 amide bonds. The Morgan fingerprint density at radius 1 is 1.00 bits per heavy atom. The van der Waals surface area contributed by atoms with Gasteiger partial charge in [-0.3, -0.25) is 9.36 Å². The van der Waals surface area contributed by atoms with Gasteiger partial charge in [0.05, 0.1) is 10.9 Å². The smallest absolute Gasteiger partial charge is 0.364 e. The number of aromatic nitrogens is 2. The van der Waals surface area contributed by atoms with E-state index < -0.39 is 11.2 Å². The molecule has 0 unspecified atom stereocenters. The van der Waals surface area contributed by atoms with E-state index in [4.69, 9.17) is 4.84 Å². The van der Waals surface area contributed by atoms with Crippen molar-refractivity contribution in [3.8, 4) is 0 Å². The standard InChI is InChI=1S/C15H21N3O3/c1-8-9(2)12(16(4)5)10(3)13-11(8)14(19)18(21-7)15(20)17(13)6/h1-7H3. The number of benzene rings is 1. The first-order valence-electron chi connectivity index (χ1n) is 6.71. The molecule has 1 aromatic carbocycles. The first-order chi connectivity index (χ1) is 9.73. The summed E-state index contributed by atoms with van der Waals surface area (Å²) in [6.45, 7) is 5.81. The second-order valence-electron chi connectivity index (χ2n) is 5.47. The predicted molar refractivity (Wildman–Crippen MR) is 84.5 cm³/mol. The van der Waals surface area contributed by atoms with Crippen LogP contribution < -0.4 is 21.0 Å². The molecule has 0 saturated heterocycles. The lowest BCUT2D eigenvalue weighted by atomic mass is 9.97. The SMILES string of the molecule is COn1c(=O)c2c(C)c(C)c(N(C)C)c(C)c2n(C)c1=O. The van der Waals surface area contributed by atoms with Crippen LogP contribution in [0.3, 0.4) is 0 Å². The van der Waals surface area contributed by atoms with Crippen molar-refractivity contribution in [2.45, 2.75) is 20.8 Å². The average molecular weight is 291 g/mol. The van der Waals surface area contributed by atoms with Crippen molar-refractivity contribution in [2.24, 2.45) is 7.05 Å². The van der Waals surface area contributed by atoms with Crippen LogP contribution in [0.2, 0.25) is 0 Å². The Morgan fingerprint density at radius 3 is 2.05 bits per heavy atom. The van der Waals surface area contributed by atoms with Gasteiger partial charge in [-0.25, -0.2) is 4.79 Å². The van der Waals surface area contributed by atoms with E-state index in [1.54, 1.807) is 7.05 Å². The number of fused-ring (bicyclic) bond motifs is 1. The quantitative estimate of drug-likeness (QED) is 0.819. The maximum absolute atomic E-state index is 12.6. The van der Waals surface area contributed by atoms with E-state index in [-0.39, 0.29) is 0 Å². The lowest BCUT2D eigenvalue weighted by Crippen LogP contribution is -2.42. The fourth-order valence-electron chi connectivity index (χ4n) is 3.06. The van der Waals surface area contributed by atoms with Gasteiger partial charge in [-0.05, 0) is 37.5 Å². The second-order valence-corrected chi connectivity index (χ2v) is 5.47. The number of hydrogen-bond acceptors (Lipinski definition) is 4. The topological polar surface area (TPSA) is 56.5 Å². The highest BCUT2D eigenvalue weighted by Crippen LogP contribution is 2.32. The molecule has 6 heteroatoms. The van der Waals surface area contributed by atoms with Crippen LogP contribution >= 0.6 is 0 Å². The minimum absolute atomic E-state index is 0.412. The van der Waals surface area contributed by atoms with Gasteiger partial charge in [-0.15, -0.1) is 0 Å².